The highest BCUT2D eigenvalue weighted by molar-refractivity contribution is 5.41. The summed E-state index contributed by atoms with van der Waals surface area (Å²) >= 11 is 0. The lowest BCUT2D eigenvalue weighted by atomic mass is 10.4. The molecule has 6 heteroatoms. The summed E-state index contributed by atoms with van der Waals surface area (Å²) in [6.07, 6.45) is 4.53. The van der Waals surface area contributed by atoms with E-state index >= 15 is 0 Å². The van der Waals surface area contributed by atoms with Gasteiger partial charge in [-0.25, -0.2) is 9.67 Å². The van der Waals surface area contributed by atoms with Gasteiger partial charge in [0.05, 0.1) is 10.6 Å². The lowest BCUT2D eigenvalue weighted by molar-refractivity contribution is -0.385. The van der Waals surface area contributed by atoms with Crippen molar-refractivity contribution in [2.75, 3.05) is 0 Å². The topological polar surface area (TPSA) is 73.8 Å². The molecule has 0 bridgehead atoms. The fourth-order valence-corrected chi connectivity index (χ4v) is 1.20. The largest absolute Gasteiger partial charge is 0.287 e. The number of rotatable bonds is 3. The van der Waals surface area contributed by atoms with E-state index in [-0.39, 0.29) is 5.69 Å². The van der Waals surface area contributed by atoms with E-state index in [9.17, 15) is 10.1 Å². The molecule has 0 atom stereocenters. The van der Waals surface area contributed by atoms with E-state index in [1.807, 2.05) is 0 Å². The number of nitrogens with zero attached hydrogens (tertiary/aromatic N) is 4. The minimum Gasteiger partial charge on any atom is -0.258 e. The molecule has 0 fully saturated rings. The molecule has 80 valence electrons. The number of hydrogen-bond acceptors (Lipinski definition) is 4. The van der Waals surface area contributed by atoms with Gasteiger partial charge in [-0.2, -0.15) is 5.10 Å². The van der Waals surface area contributed by atoms with Crippen LogP contribution in [0.15, 0.2) is 37.2 Å². The van der Waals surface area contributed by atoms with E-state index in [1.54, 1.807) is 18.3 Å². The van der Waals surface area contributed by atoms with E-state index in [2.05, 4.69) is 16.7 Å². The summed E-state index contributed by atoms with van der Waals surface area (Å²) in [6, 6.07) is 4.70. The van der Waals surface area contributed by atoms with Crippen LogP contribution in [0, 0.1) is 10.1 Å². The summed E-state index contributed by atoms with van der Waals surface area (Å²) in [4.78, 5) is 13.9. The van der Waals surface area contributed by atoms with Gasteiger partial charge in [-0.05, 0) is 18.2 Å². The van der Waals surface area contributed by atoms with Crippen molar-refractivity contribution in [1.82, 2.24) is 14.8 Å². The minimum atomic E-state index is -0.491. The van der Waals surface area contributed by atoms with Crippen LogP contribution in [0.4, 0.5) is 5.69 Å². The number of aromatic nitrogens is 3. The highest BCUT2D eigenvalue weighted by atomic mass is 16.6. The molecular formula is C10H8N4O2. The van der Waals surface area contributed by atoms with Gasteiger partial charge in [-0.3, -0.25) is 10.1 Å². The summed E-state index contributed by atoms with van der Waals surface area (Å²) in [5.41, 5.74) is 0.681. The molecule has 0 aliphatic rings. The van der Waals surface area contributed by atoms with Crippen LogP contribution in [0.25, 0.3) is 11.9 Å². The van der Waals surface area contributed by atoms with Crippen LogP contribution in [-0.4, -0.2) is 19.7 Å². The average Bonchev–Trinajstić information content (AvgIpc) is 2.77. The fraction of sp³-hybridized carbons (Fsp3) is 0. The van der Waals surface area contributed by atoms with E-state index < -0.39 is 4.92 Å². The molecule has 0 aliphatic carbocycles. The highest BCUT2D eigenvalue weighted by Crippen LogP contribution is 2.11. The third-order valence-corrected chi connectivity index (χ3v) is 2.00. The second-order valence-electron chi connectivity index (χ2n) is 3.02. The van der Waals surface area contributed by atoms with Crippen LogP contribution >= 0.6 is 0 Å². The fourth-order valence-electron chi connectivity index (χ4n) is 1.20. The second-order valence-corrected chi connectivity index (χ2v) is 3.02. The number of nitro groups is 1. The van der Waals surface area contributed by atoms with Crippen LogP contribution in [-0.2, 0) is 0 Å². The third-order valence-electron chi connectivity index (χ3n) is 2.00. The average molecular weight is 216 g/mol. The normalized spacial score (nSPS) is 10.0. The van der Waals surface area contributed by atoms with Crippen LogP contribution in [0.3, 0.4) is 0 Å². The van der Waals surface area contributed by atoms with Crippen LogP contribution in [0.1, 0.15) is 5.69 Å². The maximum Gasteiger partial charge on any atom is 0.287 e. The first-order valence-electron chi connectivity index (χ1n) is 4.49. The quantitative estimate of drug-likeness (QED) is 0.579. The van der Waals surface area contributed by atoms with Gasteiger partial charge in [0.2, 0.25) is 0 Å². The van der Waals surface area contributed by atoms with Crippen molar-refractivity contribution in [2.45, 2.75) is 0 Å². The van der Waals surface area contributed by atoms with Gasteiger partial charge in [0.25, 0.3) is 5.69 Å². The van der Waals surface area contributed by atoms with E-state index in [4.69, 9.17) is 0 Å². The Kier molecular flexibility index (Phi) is 2.47. The molecule has 0 aliphatic heterocycles. The monoisotopic (exact) mass is 216 g/mol. The van der Waals surface area contributed by atoms with Gasteiger partial charge in [0.15, 0.2) is 5.82 Å². The lowest BCUT2D eigenvalue weighted by Crippen LogP contribution is -1.99. The Bertz CT molecular complexity index is 530. The van der Waals surface area contributed by atoms with Gasteiger partial charge in [0, 0.05) is 12.3 Å². The third kappa shape index (κ3) is 1.81. The predicted molar refractivity (Wildman–Crippen MR) is 58.1 cm³/mol. The smallest absolute Gasteiger partial charge is 0.258 e. The summed E-state index contributed by atoms with van der Waals surface area (Å²) in [5.74, 6) is 0.527. The second kappa shape index (κ2) is 3.93. The zero-order valence-electron chi connectivity index (χ0n) is 8.28. The molecule has 0 unspecified atom stereocenters. The lowest BCUT2D eigenvalue weighted by Gasteiger charge is -1.98. The van der Waals surface area contributed by atoms with Gasteiger partial charge >= 0.3 is 0 Å². The Labute approximate surface area is 91.0 Å². The van der Waals surface area contributed by atoms with Crippen LogP contribution in [0.5, 0.6) is 0 Å². The van der Waals surface area contributed by atoms with E-state index in [1.165, 1.54) is 23.0 Å². The standard InChI is InChI=1S/C10H8N4O2/c1-2-8-5-6-13(12-8)10-4-3-9(7-11-10)14(15)16/h2-7H,1H2. The molecule has 2 aromatic heterocycles. The van der Waals surface area contributed by atoms with Crippen molar-refractivity contribution in [1.29, 1.82) is 0 Å². The number of hydrogen-bond donors (Lipinski definition) is 0. The molecule has 6 nitrogen and oxygen atoms in total. The van der Waals surface area contributed by atoms with Gasteiger partial charge < -0.3 is 0 Å². The molecule has 2 aromatic rings. The van der Waals surface area contributed by atoms with Gasteiger partial charge in [0.1, 0.15) is 6.20 Å². The van der Waals surface area contributed by atoms with Gasteiger partial charge in [-0.15, -0.1) is 0 Å². The SMILES string of the molecule is C=Cc1ccn(-c2ccc([N+](=O)[O-])cn2)n1. The van der Waals surface area contributed by atoms with Gasteiger partial charge in [-0.1, -0.05) is 6.58 Å². The molecule has 0 aromatic carbocycles. The maximum atomic E-state index is 10.4. The molecule has 2 heterocycles. The van der Waals surface area contributed by atoms with Crippen molar-refractivity contribution in [3.05, 3.63) is 53.0 Å². The molecule has 0 saturated heterocycles. The highest BCUT2D eigenvalue weighted by Gasteiger charge is 2.06. The molecule has 16 heavy (non-hydrogen) atoms. The van der Waals surface area contributed by atoms with Crippen molar-refractivity contribution < 1.29 is 4.92 Å². The van der Waals surface area contributed by atoms with Crippen molar-refractivity contribution in [3.8, 4) is 5.82 Å². The van der Waals surface area contributed by atoms with Crippen LogP contribution < -0.4 is 0 Å². The Balaban J connectivity index is 2.34. The maximum absolute atomic E-state index is 10.4. The Morgan fingerprint density at radius 1 is 1.44 bits per heavy atom. The molecule has 0 saturated carbocycles. The summed E-state index contributed by atoms with van der Waals surface area (Å²) in [6.45, 7) is 3.59. The first kappa shape index (κ1) is 10.0. The van der Waals surface area contributed by atoms with E-state index in [0.717, 1.165) is 5.69 Å². The molecule has 2 rings (SSSR count). The number of pyridine rings is 1. The predicted octanol–water partition coefficient (Wildman–Crippen LogP) is 1.82. The molecule has 0 amide bonds. The Hall–Kier alpha value is -2.50. The molecule has 0 N–H and O–H groups in total. The zero-order chi connectivity index (χ0) is 11.5. The van der Waals surface area contributed by atoms with Crippen LogP contribution in [0.2, 0.25) is 0 Å². The van der Waals surface area contributed by atoms with E-state index in [0.29, 0.717) is 5.82 Å². The molecule has 0 radical (unpaired) electrons. The summed E-state index contributed by atoms with van der Waals surface area (Å²) in [7, 11) is 0. The van der Waals surface area contributed by atoms with Crippen molar-refractivity contribution >= 4 is 11.8 Å². The summed E-state index contributed by atoms with van der Waals surface area (Å²) < 4.78 is 1.53. The molecule has 0 spiro atoms. The minimum absolute atomic E-state index is 0.0418. The van der Waals surface area contributed by atoms with Crippen molar-refractivity contribution in [2.24, 2.45) is 0 Å². The zero-order valence-corrected chi connectivity index (χ0v) is 8.28. The summed E-state index contributed by atoms with van der Waals surface area (Å²) in [5, 5.41) is 14.6. The molecular weight excluding hydrogens is 208 g/mol. The Morgan fingerprint density at radius 3 is 2.75 bits per heavy atom. The Morgan fingerprint density at radius 2 is 2.25 bits per heavy atom. The first-order chi connectivity index (χ1) is 7.70. The van der Waals surface area contributed by atoms with Crippen molar-refractivity contribution in [3.63, 3.8) is 0 Å². The first-order valence-corrected chi connectivity index (χ1v) is 4.49.